The molecule has 0 spiro atoms. The zero-order chi connectivity index (χ0) is 13.0. The fourth-order valence-corrected chi connectivity index (χ4v) is 1.62. The largest absolute Gasteiger partial charge is 0.427 e. The summed E-state index contributed by atoms with van der Waals surface area (Å²) in [7, 11) is 0. The number of rotatable bonds is 3. The van der Waals surface area contributed by atoms with Gasteiger partial charge >= 0.3 is 5.97 Å². The Bertz CT molecular complexity index is 461. The smallest absolute Gasteiger partial charge is 0.308 e. The Hall–Kier alpha value is -1.90. The predicted octanol–water partition coefficient (Wildman–Crippen LogP) is 2.83. The molecular formula is C14H16O3. The van der Waals surface area contributed by atoms with Crippen molar-refractivity contribution in [1.82, 2.24) is 0 Å². The van der Waals surface area contributed by atoms with Gasteiger partial charge in [0.1, 0.15) is 5.75 Å². The molecule has 0 aliphatic carbocycles. The van der Waals surface area contributed by atoms with Crippen LogP contribution < -0.4 is 4.74 Å². The van der Waals surface area contributed by atoms with E-state index in [1.54, 1.807) is 18.2 Å². The van der Waals surface area contributed by atoms with E-state index in [2.05, 4.69) is 0 Å². The number of aryl methyl sites for hydroxylation is 2. The van der Waals surface area contributed by atoms with Crippen LogP contribution in [0.5, 0.6) is 5.75 Å². The van der Waals surface area contributed by atoms with Crippen LogP contribution in [-0.2, 0) is 9.59 Å². The third-order valence-corrected chi connectivity index (χ3v) is 2.31. The van der Waals surface area contributed by atoms with Crippen molar-refractivity contribution in [2.45, 2.75) is 27.7 Å². The number of ether oxygens (including phenoxy) is 1. The summed E-state index contributed by atoms with van der Waals surface area (Å²) >= 11 is 0. The molecule has 0 atom stereocenters. The van der Waals surface area contributed by atoms with Crippen LogP contribution in [0.3, 0.4) is 0 Å². The number of hydrogen-bond donors (Lipinski definition) is 0. The van der Waals surface area contributed by atoms with Crippen LogP contribution in [0, 0.1) is 13.8 Å². The molecule has 0 radical (unpaired) electrons. The Kier molecular flexibility index (Phi) is 4.21. The number of hydrogen-bond acceptors (Lipinski definition) is 3. The van der Waals surface area contributed by atoms with Gasteiger partial charge in [-0.15, -0.1) is 0 Å². The van der Waals surface area contributed by atoms with Gasteiger partial charge in [-0.25, -0.2) is 0 Å². The summed E-state index contributed by atoms with van der Waals surface area (Å²) in [5.74, 6) is 0.205. The summed E-state index contributed by atoms with van der Waals surface area (Å²) in [6.07, 6.45) is 3.31. The monoisotopic (exact) mass is 232 g/mol. The third-order valence-electron chi connectivity index (χ3n) is 2.31. The number of carbonyl (C=O) groups is 2. The van der Waals surface area contributed by atoms with Crippen LogP contribution in [-0.4, -0.2) is 11.8 Å². The molecule has 0 N–H and O–H groups in total. The summed E-state index contributed by atoms with van der Waals surface area (Å²) < 4.78 is 5.03. The predicted molar refractivity (Wildman–Crippen MR) is 66.9 cm³/mol. The first kappa shape index (κ1) is 13.2. The summed E-state index contributed by atoms with van der Waals surface area (Å²) in [6, 6.07) is 3.57. The summed E-state index contributed by atoms with van der Waals surface area (Å²) in [5.41, 5.74) is 2.92. The zero-order valence-electron chi connectivity index (χ0n) is 10.5. The number of ketones is 1. The number of benzene rings is 1. The highest BCUT2D eigenvalue weighted by Crippen LogP contribution is 2.23. The molecule has 0 aliphatic heterocycles. The van der Waals surface area contributed by atoms with E-state index in [0.29, 0.717) is 5.75 Å². The fraction of sp³-hybridized carbons (Fsp3) is 0.286. The first-order chi connectivity index (χ1) is 7.90. The van der Waals surface area contributed by atoms with Gasteiger partial charge in [0.2, 0.25) is 0 Å². The van der Waals surface area contributed by atoms with Crippen LogP contribution >= 0.6 is 0 Å². The van der Waals surface area contributed by atoms with E-state index in [1.807, 2.05) is 13.8 Å². The van der Waals surface area contributed by atoms with Gasteiger partial charge in [0, 0.05) is 6.92 Å². The molecule has 0 unspecified atom stereocenters. The van der Waals surface area contributed by atoms with Crippen LogP contribution in [0.15, 0.2) is 18.2 Å². The van der Waals surface area contributed by atoms with E-state index >= 15 is 0 Å². The summed E-state index contributed by atoms with van der Waals surface area (Å²) in [6.45, 7) is 6.71. The van der Waals surface area contributed by atoms with Crippen molar-refractivity contribution in [1.29, 1.82) is 0 Å². The van der Waals surface area contributed by atoms with Gasteiger partial charge < -0.3 is 4.74 Å². The van der Waals surface area contributed by atoms with Crippen molar-refractivity contribution in [3.8, 4) is 5.75 Å². The average molecular weight is 232 g/mol. The lowest BCUT2D eigenvalue weighted by Crippen LogP contribution is -2.02. The van der Waals surface area contributed by atoms with Gasteiger partial charge in [0.25, 0.3) is 0 Å². The second-order valence-electron chi connectivity index (χ2n) is 4.01. The van der Waals surface area contributed by atoms with Gasteiger partial charge in [-0.3, -0.25) is 9.59 Å². The summed E-state index contributed by atoms with van der Waals surface area (Å²) in [5, 5.41) is 0. The maximum atomic E-state index is 10.9. The summed E-state index contributed by atoms with van der Waals surface area (Å²) in [4.78, 5) is 21.8. The molecule has 3 heteroatoms. The SMILES string of the molecule is CC(=O)/C=C/c1c(C)cc(OC(C)=O)cc1C. The van der Waals surface area contributed by atoms with E-state index < -0.39 is 0 Å². The Morgan fingerprint density at radius 1 is 1.12 bits per heavy atom. The highest BCUT2D eigenvalue weighted by molar-refractivity contribution is 5.92. The van der Waals surface area contributed by atoms with Crippen molar-refractivity contribution < 1.29 is 14.3 Å². The number of carbonyl (C=O) groups excluding carboxylic acids is 2. The van der Waals surface area contributed by atoms with Crippen molar-refractivity contribution in [3.63, 3.8) is 0 Å². The lowest BCUT2D eigenvalue weighted by molar-refractivity contribution is -0.131. The van der Waals surface area contributed by atoms with Crippen molar-refractivity contribution >= 4 is 17.8 Å². The Balaban J connectivity index is 3.10. The molecule has 3 nitrogen and oxygen atoms in total. The molecule has 1 aromatic carbocycles. The molecule has 0 saturated carbocycles. The Labute approximate surface area is 101 Å². The van der Waals surface area contributed by atoms with Gasteiger partial charge in [0.05, 0.1) is 0 Å². The molecule has 0 bridgehead atoms. The van der Waals surface area contributed by atoms with E-state index in [0.717, 1.165) is 16.7 Å². The minimum atomic E-state index is -0.337. The fourth-order valence-electron chi connectivity index (χ4n) is 1.62. The second-order valence-corrected chi connectivity index (χ2v) is 4.01. The average Bonchev–Trinajstić information content (AvgIpc) is 2.14. The minimum Gasteiger partial charge on any atom is -0.427 e. The molecule has 90 valence electrons. The van der Waals surface area contributed by atoms with Crippen molar-refractivity contribution in [2.24, 2.45) is 0 Å². The third kappa shape index (κ3) is 3.87. The van der Waals surface area contributed by atoms with Gasteiger partial charge in [-0.2, -0.15) is 0 Å². The van der Waals surface area contributed by atoms with Crippen molar-refractivity contribution in [3.05, 3.63) is 34.9 Å². The zero-order valence-corrected chi connectivity index (χ0v) is 10.5. The van der Waals surface area contributed by atoms with Crippen LogP contribution in [0.1, 0.15) is 30.5 Å². The quantitative estimate of drug-likeness (QED) is 0.457. The van der Waals surface area contributed by atoms with Crippen molar-refractivity contribution in [2.75, 3.05) is 0 Å². The van der Waals surface area contributed by atoms with Gasteiger partial charge in [-0.05, 0) is 55.7 Å². The highest BCUT2D eigenvalue weighted by atomic mass is 16.5. The molecule has 0 aliphatic rings. The van der Waals surface area contributed by atoms with Gasteiger partial charge in [-0.1, -0.05) is 6.08 Å². The lowest BCUT2D eigenvalue weighted by atomic mass is 10.0. The second kappa shape index (κ2) is 5.43. The Morgan fingerprint density at radius 3 is 2.06 bits per heavy atom. The lowest BCUT2D eigenvalue weighted by Gasteiger charge is -2.09. The standard InChI is InChI=1S/C14H16O3/c1-9-7-13(17-12(4)16)8-10(2)14(9)6-5-11(3)15/h5-8H,1-4H3/b6-5+. The topological polar surface area (TPSA) is 43.4 Å². The normalized spacial score (nSPS) is 10.6. The van der Waals surface area contributed by atoms with E-state index in [-0.39, 0.29) is 11.8 Å². The van der Waals surface area contributed by atoms with Crippen LogP contribution in [0.25, 0.3) is 6.08 Å². The maximum absolute atomic E-state index is 10.9. The molecule has 17 heavy (non-hydrogen) atoms. The molecule has 0 heterocycles. The Morgan fingerprint density at radius 2 is 1.65 bits per heavy atom. The number of esters is 1. The molecule has 1 aromatic rings. The first-order valence-corrected chi connectivity index (χ1v) is 5.38. The van der Waals surface area contributed by atoms with Crippen LogP contribution in [0.2, 0.25) is 0 Å². The molecule has 0 aromatic heterocycles. The van der Waals surface area contributed by atoms with E-state index in [9.17, 15) is 9.59 Å². The molecule has 1 rings (SSSR count). The maximum Gasteiger partial charge on any atom is 0.308 e. The van der Waals surface area contributed by atoms with Crippen LogP contribution in [0.4, 0.5) is 0 Å². The highest BCUT2D eigenvalue weighted by Gasteiger charge is 2.05. The molecule has 0 fully saturated rings. The first-order valence-electron chi connectivity index (χ1n) is 5.38. The van der Waals surface area contributed by atoms with E-state index in [4.69, 9.17) is 4.74 Å². The molecule has 0 saturated heterocycles. The molecular weight excluding hydrogens is 216 g/mol. The minimum absolute atomic E-state index is 0.00728. The van der Waals surface area contributed by atoms with Gasteiger partial charge in [0.15, 0.2) is 5.78 Å². The van der Waals surface area contributed by atoms with E-state index in [1.165, 1.54) is 19.9 Å². The molecule has 0 amide bonds. The number of allylic oxidation sites excluding steroid dienone is 1.